The lowest BCUT2D eigenvalue weighted by atomic mass is 10.0. The first kappa shape index (κ1) is 13.8. The summed E-state index contributed by atoms with van der Waals surface area (Å²) in [6.45, 7) is 0.792. The molecule has 1 amide bonds. The molecule has 1 aliphatic heterocycles. The molecule has 6 nitrogen and oxygen atoms in total. The van der Waals surface area contributed by atoms with Crippen molar-refractivity contribution >= 4 is 28.9 Å². The molecule has 0 saturated carbocycles. The summed E-state index contributed by atoms with van der Waals surface area (Å²) in [6.07, 6.45) is 2.77. The average molecular weight is 284 g/mol. The standard InChI is InChI=1S/C12H14ClN3O3/c13-8-4-5-9(11(7-8)16(18)19)15-12(17)10-3-1-2-6-14-10/h4-5,7,10,14H,1-3,6H2,(H,15,17)/t10-/m0/s1. The number of rotatable bonds is 3. The smallest absolute Gasteiger partial charge is 0.294 e. The molecule has 7 heteroatoms. The van der Waals surface area contributed by atoms with Crippen molar-refractivity contribution in [1.29, 1.82) is 0 Å². The van der Waals surface area contributed by atoms with Crippen molar-refractivity contribution < 1.29 is 9.72 Å². The summed E-state index contributed by atoms with van der Waals surface area (Å²) in [5, 5.41) is 16.9. The highest BCUT2D eigenvalue weighted by Crippen LogP contribution is 2.28. The molecule has 0 spiro atoms. The Morgan fingerprint density at radius 1 is 1.47 bits per heavy atom. The number of amides is 1. The predicted molar refractivity (Wildman–Crippen MR) is 72.4 cm³/mol. The van der Waals surface area contributed by atoms with Crippen LogP contribution in [0.4, 0.5) is 11.4 Å². The van der Waals surface area contributed by atoms with Gasteiger partial charge in [0.25, 0.3) is 5.69 Å². The number of nitrogens with one attached hydrogen (secondary N) is 2. The van der Waals surface area contributed by atoms with Gasteiger partial charge in [0.15, 0.2) is 0 Å². The number of benzene rings is 1. The van der Waals surface area contributed by atoms with Gasteiger partial charge in [-0.3, -0.25) is 14.9 Å². The third-order valence-electron chi connectivity index (χ3n) is 3.04. The van der Waals surface area contributed by atoms with E-state index in [1.54, 1.807) is 0 Å². The molecule has 1 fully saturated rings. The van der Waals surface area contributed by atoms with E-state index in [2.05, 4.69) is 10.6 Å². The van der Waals surface area contributed by atoms with Gasteiger partial charge < -0.3 is 10.6 Å². The van der Waals surface area contributed by atoms with E-state index < -0.39 is 4.92 Å². The molecule has 1 aromatic rings. The number of anilines is 1. The van der Waals surface area contributed by atoms with Gasteiger partial charge in [-0.15, -0.1) is 0 Å². The Balaban J connectivity index is 2.13. The molecule has 0 unspecified atom stereocenters. The van der Waals surface area contributed by atoms with Gasteiger partial charge in [0.05, 0.1) is 11.0 Å². The topological polar surface area (TPSA) is 84.3 Å². The fourth-order valence-electron chi connectivity index (χ4n) is 2.06. The fourth-order valence-corrected chi connectivity index (χ4v) is 2.22. The Bertz CT molecular complexity index is 501. The lowest BCUT2D eigenvalue weighted by Gasteiger charge is -2.22. The van der Waals surface area contributed by atoms with Crippen LogP contribution >= 0.6 is 11.6 Å². The zero-order valence-electron chi connectivity index (χ0n) is 10.2. The van der Waals surface area contributed by atoms with Crippen molar-refractivity contribution in [2.75, 3.05) is 11.9 Å². The van der Waals surface area contributed by atoms with Gasteiger partial charge >= 0.3 is 0 Å². The molecule has 19 heavy (non-hydrogen) atoms. The predicted octanol–water partition coefficient (Wildman–Crippen LogP) is 2.33. The average Bonchev–Trinajstić information content (AvgIpc) is 2.41. The van der Waals surface area contributed by atoms with Crippen LogP contribution in [0.3, 0.4) is 0 Å². The quantitative estimate of drug-likeness (QED) is 0.659. The normalized spacial score (nSPS) is 18.9. The zero-order valence-corrected chi connectivity index (χ0v) is 10.9. The Morgan fingerprint density at radius 3 is 2.89 bits per heavy atom. The SMILES string of the molecule is O=C(Nc1ccc(Cl)cc1[N+](=O)[O-])[C@@H]1CCCCN1. The summed E-state index contributed by atoms with van der Waals surface area (Å²) in [5.74, 6) is -0.245. The fraction of sp³-hybridized carbons (Fsp3) is 0.417. The van der Waals surface area contributed by atoms with Crippen LogP contribution in [0, 0.1) is 10.1 Å². The minimum Gasteiger partial charge on any atom is -0.319 e. The largest absolute Gasteiger partial charge is 0.319 e. The summed E-state index contributed by atoms with van der Waals surface area (Å²) in [7, 11) is 0. The van der Waals surface area contributed by atoms with Gasteiger partial charge in [0, 0.05) is 11.1 Å². The Hall–Kier alpha value is -1.66. The van der Waals surface area contributed by atoms with Crippen LogP contribution in [0.25, 0.3) is 0 Å². The molecule has 1 aromatic carbocycles. The van der Waals surface area contributed by atoms with Crippen molar-refractivity contribution in [3.8, 4) is 0 Å². The number of carbonyl (C=O) groups is 1. The molecular formula is C12H14ClN3O3. The number of hydrogen-bond acceptors (Lipinski definition) is 4. The highest BCUT2D eigenvalue weighted by atomic mass is 35.5. The second kappa shape index (κ2) is 5.99. The van der Waals surface area contributed by atoms with Gasteiger partial charge in [-0.1, -0.05) is 18.0 Å². The maximum absolute atomic E-state index is 12.0. The van der Waals surface area contributed by atoms with Crippen molar-refractivity contribution in [1.82, 2.24) is 5.32 Å². The van der Waals surface area contributed by atoms with Gasteiger partial charge in [-0.2, -0.15) is 0 Å². The summed E-state index contributed by atoms with van der Waals surface area (Å²) in [5.41, 5.74) is -0.0246. The molecule has 0 aliphatic carbocycles. The van der Waals surface area contributed by atoms with Crippen LogP contribution in [0.5, 0.6) is 0 Å². The number of hydrogen-bond donors (Lipinski definition) is 2. The molecule has 1 saturated heterocycles. The van der Waals surface area contributed by atoms with E-state index in [-0.39, 0.29) is 28.3 Å². The number of piperidine rings is 1. The highest BCUT2D eigenvalue weighted by Gasteiger charge is 2.23. The van der Waals surface area contributed by atoms with Crippen molar-refractivity contribution in [3.63, 3.8) is 0 Å². The van der Waals surface area contributed by atoms with Crippen molar-refractivity contribution in [3.05, 3.63) is 33.3 Å². The Kier molecular flexibility index (Phi) is 4.34. The van der Waals surface area contributed by atoms with Crippen LogP contribution in [0.1, 0.15) is 19.3 Å². The first-order valence-corrected chi connectivity index (χ1v) is 6.44. The number of nitro benzene ring substituents is 1. The van der Waals surface area contributed by atoms with Crippen molar-refractivity contribution in [2.45, 2.75) is 25.3 Å². The Labute approximate surface area is 115 Å². The van der Waals surface area contributed by atoms with Crippen LogP contribution in [0.15, 0.2) is 18.2 Å². The van der Waals surface area contributed by atoms with Gasteiger partial charge in [0.2, 0.25) is 5.91 Å². The van der Waals surface area contributed by atoms with E-state index in [0.717, 1.165) is 25.8 Å². The molecule has 102 valence electrons. The minimum absolute atomic E-state index is 0.173. The molecule has 0 bridgehead atoms. The highest BCUT2D eigenvalue weighted by molar-refractivity contribution is 6.31. The van der Waals surface area contributed by atoms with E-state index in [1.165, 1.54) is 18.2 Å². The Morgan fingerprint density at radius 2 is 2.26 bits per heavy atom. The summed E-state index contributed by atoms with van der Waals surface area (Å²) in [6, 6.07) is 3.90. The van der Waals surface area contributed by atoms with Gasteiger partial charge in [-0.25, -0.2) is 0 Å². The lowest BCUT2D eigenvalue weighted by molar-refractivity contribution is -0.383. The first-order chi connectivity index (χ1) is 9.08. The first-order valence-electron chi connectivity index (χ1n) is 6.06. The van der Waals surface area contributed by atoms with Crippen LogP contribution in [-0.4, -0.2) is 23.4 Å². The number of nitrogens with zero attached hydrogens (tertiary/aromatic N) is 1. The minimum atomic E-state index is -0.560. The van der Waals surface area contributed by atoms with Crippen LogP contribution in [-0.2, 0) is 4.79 Å². The molecule has 1 atom stereocenters. The number of carbonyl (C=O) groups excluding carboxylic acids is 1. The number of nitro groups is 1. The van der Waals surface area contributed by atoms with Crippen LogP contribution < -0.4 is 10.6 Å². The number of halogens is 1. The maximum Gasteiger partial charge on any atom is 0.294 e. The van der Waals surface area contributed by atoms with Crippen molar-refractivity contribution in [2.24, 2.45) is 0 Å². The second-order valence-corrected chi connectivity index (χ2v) is 4.85. The van der Waals surface area contributed by atoms with E-state index in [4.69, 9.17) is 11.6 Å². The van der Waals surface area contributed by atoms with E-state index in [9.17, 15) is 14.9 Å². The van der Waals surface area contributed by atoms with E-state index in [0.29, 0.717) is 0 Å². The van der Waals surface area contributed by atoms with E-state index in [1.807, 2.05) is 0 Å². The molecule has 1 heterocycles. The lowest BCUT2D eigenvalue weighted by Crippen LogP contribution is -2.43. The summed E-state index contributed by atoms with van der Waals surface area (Å²) < 4.78 is 0. The molecule has 1 aliphatic rings. The van der Waals surface area contributed by atoms with E-state index >= 15 is 0 Å². The van der Waals surface area contributed by atoms with Gasteiger partial charge in [0.1, 0.15) is 5.69 Å². The zero-order chi connectivity index (χ0) is 13.8. The second-order valence-electron chi connectivity index (χ2n) is 4.41. The molecular weight excluding hydrogens is 270 g/mol. The monoisotopic (exact) mass is 283 g/mol. The third kappa shape index (κ3) is 3.42. The summed E-state index contributed by atoms with van der Waals surface area (Å²) >= 11 is 5.72. The summed E-state index contributed by atoms with van der Waals surface area (Å²) in [4.78, 5) is 22.4. The molecule has 0 aromatic heterocycles. The molecule has 0 radical (unpaired) electrons. The third-order valence-corrected chi connectivity index (χ3v) is 3.28. The van der Waals surface area contributed by atoms with Gasteiger partial charge in [-0.05, 0) is 31.5 Å². The molecule has 2 rings (SSSR count). The maximum atomic E-state index is 12.0. The molecule has 2 N–H and O–H groups in total. The van der Waals surface area contributed by atoms with Crippen LogP contribution in [0.2, 0.25) is 5.02 Å².